The summed E-state index contributed by atoms with van der Waals surface area (Å²) in [5.41, 5.74) is 3.52. The van der Waals surface area contributed by atoms with Crippen molar-refractivity contribution in [1.82, 2.24) is 19.8 Å². The van der Waals surface area contributed by atoms with Gasteiger partial charge in [0.25, 0.3) is 5.91 Å². The van der Waals surface area contributed by atoms with Gasteiger partial charge in [0.1, 0.15) is 5.76 Å². The molecule has 0 atom stereocenters. The molecule has 146 valence electrons. The molecule has 0 spiro atoms. The van der Waals surface area contributed by atoms with Gasteiger partial charge in [-0.2, -0.15) is 5.10 Å². The second-order valence-corrected chi connectivity index (χ2v) is 7.47. The molecule has 7 nitrogen and oxygen atoms in total. The topological polar surface area (TPSA) is 67.4 Å². The summed E-state index contributed by atoms with van der Waals surface area (Å²) in [6.07, 6.45) is 3.28. The van der Waals surface area contributed by atoms with Crippen molar-refractivity contribution in [2.45, 2.75) is 20.4 Å². The first-order chi connectivity index (χ1) is 13.5. The monoisotopic (exact) mass is 399 g/mol. The van der Waals surface area contributed by atoms with Gasteiger partial charge in [-0.1, -0.05) is 34.5 Å². The summed E-state index contributed by atoms with van der Waals surface area (Å²) in [4.78, 5) is 17.2. The van der Waals surface area contributed by atoms with Crippen LogP contribution >= 0.6 is 11.6 Å². The molecule has 2 aromatic heterocycles. The third-order valence-corrected chi connectivity index (χ3v) is 5.27. The zero-order valence-corrected chi connectivity index (χ0v) is 16.7. The fourth-order valence-corrected chi connectivity index (χ4v) is 3.56. The number of anilines is 1. The molecule has 3 aromatic rings. The van der Waals surface area contributed by atoms with Crippen molar-refractivity contribution in [3.05, 3.63) is 64.3 Å². The average Bonchev–Trinajstić information content (AvgIpc) is 3.28. The van der Waals surface area contributed by atoms with Crippen LogP contribution in [-0.2, 0) is 6.54 Å². The lowest BCUT2D eigenvalue weighted by molar-refractivity contribution is 0.0735. The van der Waals surface area contributed by atoms with E-state index in [4.69, 9.17) is 16.1 Å². The zero-order chi connectivity index (χ0) is 19.7. The van der Waals surface area contributed by atoms with Crippen molar-refractivity contribution in [2.24, 2.45) is 0 Å². The van der Waals surface area contributed by atoms with Crippen molar-refractivity contribution in [3.8, 4) is 0 Å². The first-order valence-electron chi connectivity index (χ1n) is 9.25. The summed E-state index contributed by atoms with van der Waals surface area (Å²) in [6.45, 7) is 7.14. The molecule has 1 fully saturated rings. The molecule has 1 aliphatic heterocycles. The molecule has 1 aliphatic rings. The van der Waals surface area contributed by atoms with E-state index in [9.17, 15) is 4.79 Å². The Hall–Kier alpha value is -2.80. The van der Waals surface area contributed by atoms with Gasteiger partial charge in [-0.15, -0.1) is 0 Å². The van der Waals surface area contributed by atoms with E-state index in [2.05, 4.69) is 46.3 Å². The molecule has 0 saturated carbocycles. The van der Waals surface area contributed by atoms with Gasteiger partial charge in [-0.3, -0.25) is 9.48 Å². The number of amides is 1. The Labute approximate surface area is 168 Å². The van der Waals surface area contributed by atoms with E-state index >= 15 is 0 Å². The number of carbonyl (C=O) groups is 1. The normalized spacial score (nSPS) is 14.5. The molecular weight excluding hydrogens is 378 g/mol. The van der Waals surface area contributed by atoms with Crippen LogP contribution in [0.15, 0.2) is 41.2 Å². The third kappa shape index (κ3) is 3.75. The van der Waals surface area contributed by atoms with E-state index in [0.29, 0.717) is 36.1 Å². The highest BCUT2D eigenvalue weighted by Crippen LogP contribution is 2.21. The highest BCUT2D eigenvalue weighted by atomic mass is 35.5. The van der Waals surface area contributed by atoms with Crippen LogP contribution in [0.5, 0.6) is 0 Å². The predicted molar refractivity (Wildman–Crippen MR) is 107 cm³/mol. The number of aryl methyl sites for hydroxylation is 2. The summed E-state index contributed by atoms with van der Waals surface area (Å²) in [7, 11) is 0. The molecule has 3 heterocycles. The summed E-state index contributed by atoms with van der Waals surface area (Å²) >= 11 is 5.94. The first kappa shape index (κ1) is 18.6. The van der Waals surface area contributed by atoms with Crippen LogP contribution in [0.25, 0.3) is 0 Å². The quantitative estimate of drug-likeness (QED) is 0.674. The Bertz CT molecular complexity index is 971. The lowest BCUT2D eigenvalue weighted by Crippen LogP contribution is -2.49. The number of hydrogen-bond donors (Lipinski definition) is 0. The van der Waals surface area contributed by atoms with Crippen molar-refractivity contribution in [1.29, 1.82) is 0 Å². The van der Waals surface area contributed by atoms with E-state index in [1.54, 1.807) is 24.0 Å². The van der Waals surface area contributed by atoms with E-state index in [1.165, 1.54) is 11.3 Å². The molecule has 0 radical (unpaired) electrons. The van der Waals surface area contributed by atoms with Gasteiger partial charge in [-0.05, 0) is 26.0 Å². The number of aromatic nitrogens is 3. The molecule has 28 heavy (non-hydrogen) atoms. The van der Waals surface area contributed by atoms with Gasteiger partial charge in [0.15, 0.2) is 5.69 Å². The molecule has 1 aromatic carbocycles. The van der Waals surface area contributed by atoms with Crippen molar-refractivity contribution >= 4 is 23.2 Å². The van der Waals surface area contributed by atoms with Crippen LogP contribution in [0, 0.1) is 13.8 Å². The Morgan fingerprint density at radius 2 is 1.86 bits per heavy atom. The Kier molecular flexibility index (Phi) is 5.09. The number of hydrogen-bond acceptors (Lipinski definition) is 5. The van der Waals surface area contributed by atoms with Crippen LogP contribution in [0.3, 0.4) is 0 Å². The predicted octanol–water partition coefficient (Wildman–Crippen LogP) is 3.15. The summed E-state index contributed by atoms with van der Waals surface area (Å²) < 4.78 is 6.98. The number of benzene rings is 1. The van der Waals surface area contributed by atoms with Crippen LogP contribution in [-0.4, -0.2) is 51.9 Å². The lowest BCUT2D eigenvalue weighted by atomic mass is 10.1. The maximum atomic E-state index is 13.0. The van der Waals surface area contributed by atoms with E-state index in [0.717, 1.165) is 18.7 Å². The molecule has 0 N–H and O–H groups in total. The molecule has 1 saturated heterocycles. The van der Waals surface area contributed by atoms with Gasteiger partial charge in [0, 0.05) is 43.6 Å². The van der Waals surface area contributed by atoms with E-state index in [1.807, 2.05) is 4.90 Å². The molecule has 1 amide bonds. The minimum atomic E-state index is -0.103. The summed E-state index contributed by atoms with van der Waals surface area (Å²) in [6, 6.07) is 8.47. The summed E-state index contributed by atoms with van der Waals surface area (Å²) in [5, 5.41) is 8.76. The Morgan fingerprint density at radius 3 is 2.50 bits per heavy atom. The molecule has 0 aliphatic carbocycles. The maximum absolute atomic E-state index is 13.0. The SMILES string of the molecule is Cc1ccc(N2CCN(C(=O)c3noc(C)c3Cn3cc(Cl)cn3)CC2)cc1. The van der Waals surface area contributed by atoms with Gasteiger partial charge < -0.3 is 14.3 Å². The highest BCUT2D eigenvalue weighted by Gasteiger charge is 2.28. The molecule has 4 rings (SSSR count). The van der Waals surface area contributed by atoms with Gasteiger partial charge in [0.2, 0.25) is 0 Å². The van der Waals surface area contributed by atoms with Gasteiger partial charge in [0.05, 0.1) is 17.8 Å². The average molecular weight is 400 g/mol. The van der Waals surface area contributed by atoms with Crippen molar-refractivity contribution in [2.75, 3.05) is 31.1 Å². The van der Waals surface area contributed by atoms with Crippen LogP contribution in [0.1, 0.15) is 27.4 Å². The Morgan fingerprint density at radius 1 is 1.14 bits per heavy atom. The fourth-order valence-electron chi connectivity index (χ4n) is 3.41. The highest BCUT2D eigenvalue weighted by molar-refractivity contribution is 6.30. The molecule has 0 unspecified atom stereocenters. The van der Waals surface area contributed by atoms with Crippen molar-refractivity contribution in [3.63, 3.8) is 0 Å². The lowest BCUT2D eigenvalue weighted by Gasteiger charge is -2.36. The standard InChI is InChI=1S/C20H22ClN5O2/c1-14-3-5-17(6-4-14)24-7-9-25(10-8-24)20(27)19-18(15(2)28-23-19)13-26-12-16(21)11-22-26/h3-6,11-12H,7-10,13H2,1-2H3. The van der Waals surface area contributed by atoms with E-state index in [-0.39, 0.29) is 5.91 Å². The van der Waals surface area contributed by atoms with E-state index < -0.39 is 0 Å². The number of carbonyl (C=O) groups excluding carboxylic acids is 1. The number of rotatable bonds is 4. The second-order valence-electron chi connectivity index (χ2n) is 7.04. The minimum absolute atomic E-state index is 0.103. The maximum Gasteiger partial charge on any atom is 0.276 e. The third-order valence-electron chi connectivity index (χ3n) is 5.08. The van der Waals surface area contributed by atoms with Crippen LogP contribution in [0.2, 0.25) is 5.02 Å². The number of piperazine rings is 1. The second kappa shape index (κ2) is 7.67. The first-order valence-corrected chi connectivity index (χ1v) is 9.63. The molecule has 8 heteroatoms. The molecule has 0 bridgehead atoms. The fraction of sp³-hybridized carbons (Fsp3) is 0.350. The number of halogens is 1. The zero-order valence-electron chi connectivity index (χ0n) is 15.9. The molecular formula is C20H22ClN5O2. The largest absolute Gasteiger partial charge is 0.368 e. The van der Waals surface area contributed by atoms with Gasteiger partial charge in [-0.25, -0.2) is 0 Å². The smallest absolute Gasteiger partial charge is 0.276 e. The number of nitrogens with zero attached hydrogens (tertiary/aromatic N) is 5. The van der Waals surface area contributed by atoms with Crippen molar-refractivity contribution < 1.29 is 9.32 Å². The minimum Gasteiger partial charge on any atom is -0.368 e. The van der Waals surface area contributed by atoms with Gasteiger partial charge >= 0.3 is 0 Å². The van der Waals surface area contributed by atoms with Crippen LogP contribution < -0.4 is 4.90 Å². The van der Waals surface area contributed by atoms with Crippen LogP contribution in [0.4, 0.5) is 5.69 Å². The summed E-state index contributed by atoms with van der Waals surface area (Å²) in [5.74, 6) is 0.516. The Balaban J connectivity index is 1.45.